The smallest absolute Gasteiger partial charge is 0.169 e. The Morgan fingerprint density at radius 2 is 1.83 bits per heavy atom. The Morgan fingerprint density at radius 1 is 1.04 bits per heavy atom. The quantitative estimate of drug-likeness (QED) is 0.628. The zero-order chi connectivity index (χ0) is 16.6. The summed E-state index contributed by atoms with van der Waals surface area (Å²) in [7, 11) is 1.63. The van der Waals surface area contributed by atoms with Gasteiger partial charge in [-0.2, -0.15) is 5.10 Å². The fraction of sp³-hybridized carbons (Fsp3) is 0.167. The molecule has 6 nitrogen and oxygen atoms in total. The van der Waals surface area contributed by atoms with E-state index in [2.05, 4.69) is 27.4 Å². The highest BCUT2D eigenvalue weighted by atomic mass is 16.5. The lowest BCUT2D eigenvalue weighted by molar-refractivity contribution is 0.297. The maximum atomic E-state index is 5.98. The van der Waals surface area contributed by atoms with Crippen molar-refractivity contribution in [1.82, 2.24) is 14.9 Å². The SMILES string of the molecule is COc1cccc(/C=N/n2cnnc2)c1OCCc1ccccc1. The van der Waals surface area contributed by atoms with Crippen molar-refractivity contribution in [3.05, 3.63) is 72.3 Å². The number of ether oxygens (including phenoxy) is 2. The van der Waals surface area contributed by atoms with Gasteiger partial charge in [-0.05, 0) is 17.7 Å². The standard InChI is InChI=1S/C18H18N4O2/c1-23-17-9-5-8-16(12-21-22-13-19-20-14-22)18(17)24-11-10-15-6-3-2-4-7-15/h2-9,12-14H,10-11H2,1H3/b21-12+. The molecule has 1 aromatic heterocycles. The van der Waals surface area contributed by atoms with Gasteiger partial charge in [0.1, 0.15) is 12.7 Å². The van der Waals surface area contributed by atoms with Crippen LogP contribution >= 0.6 is 0 Å². The Labute approximate surface area is 140 Å². The summed E-state index contributed by atoms with van der Waals surface area (Å²) in [6, 6.07) is 15.9. The van der Waals surface area contributed by atoms with E-state index in [1.165, 1.54) is 22.9 Å². The molecule has 0 bridgehead atoms. The summed E-state index contributed by atoms with van der Waals surface area (Å²) >= 11 is 0. The normalized spacial score (nSPS) is 10.9. The molecule has 0 radical (unpaired) electrons. The minimum atomic E-state index is 0.553. The summed E-state index contributed by atoms with van der Waals surface area (Å²) in [5.41, 5.74) is 2.06. The van der Waals surface area contributed by atoms with Gasteiger partial charge in [0.15, 0.2) is 11.5 Å². The van der Waals surface area contributed by atoms with Crippen LogP contribution < -0.4 is 9.47 Å². The monoisotopic (exact) mass is 322 g/mol. The number of para-hydroxylation sites is 1. The molecular formula is C18H18N4O2. The van der Waals surface area contributed by atoms with Crippen LogP contribution in [0.5, 0.6) is 11.5 Å². The number of nitrogens with zero attached hydrogens (tertiary/aromatic N) is 4. The Kier molecular flexibility index (Phi) is 5.19. The summed E-state index contributed by atoms with van der Waals surface area (Å²) in [5.74, 6) is 1.35. The van der Waals surface area contributed by atoms with E-state index in [1.807, 2.05) is 36.4 Å². The average molecular weight is 322 g/mol. The van der Waals surface area contributed by atoms with Crippen LogP contribution in [0.3, 0.4) is 0 Å². The van der Waals surface area contributed by atoms with Crippen molar-refractivity contribution in [2.45, 2.75) is 6.42 Å². The summed E-state index contributed by atoms with van der Waals surface area (Å²) in [6.45, 7) is 0.553. The molecule has 0 aliphatic heterocycles. The number of rotatable bonds is 7. The summed E-state index contributed by atoms with van der Waals surface area (Å²) in [6.07, 6.45) is 5.56. The number of hydrogen-bond acceptors (Lipinski definition) is 5. The highest BCUT2D eigenvalue weighted by molar-refractivity contribution is 5.85. The van der Waals surface area contributed by atoms with Gasteiger partial charge in [0, 0.05) is 12.0 Å². The molecule has 24 heavy (non-hydrogen) atoms. The first-order valence-electron chi connectivity index (χ1n) is 7.59. The van der Waals surface area contributed by atoms with Crippen LogP contribution in [0.2, 0.25) is 0 Å². The van der Waals surface area contributed by atoms with Crippen LogP contribution in [0.15, 0.2) is 66.3 Å². The third kappa shape index (κ3) is 3.98. The summed E-state index contributed by atoms with van der Waals surface area (Å²) in [4.78, 5) is 0. The molecule has 122 valence electrons. The molecule has 3 rings (SSSR count). The minimum absolute atomic E-state index is 0.553. The van der Waals surface area contributed by atoms with E-state index in [-0.39, 0.29) is 0 Å². The maximum Gasteiger partial charge on any atom is 0.169 e. The minimum Gasteiger partial charge on any atom is -0.493 e. The predicted molar refractivity (Wildman–Crippen MR) is 91.6 cm³/mol. The molecule has 2 aromatic carbocycles. The second-order valence-corrected chi connectivity index (χ2v) is 5.05. The molecule has 0 spiro atoms. The zero-order valence-electron chi connectivity index (χ0n) is 13.4. The first kappa shape index (κ1) is 15.7. The zero-order valence-corrected chi connectivity index (χ0v) is 13.4. The van der Waals surface area contributed by atoms with Gasteiger partial charge in [-0.15, -0.1) is 10.2 Å². The second-order valence-electron chi connectivity index (χ2n) is 5.05. The summed E-state index contributed by atoms with van der Waals surface area (Å²) < 4.78 is 12.9. The fourth-order valence-electron chi connectivity index (χ4n) is 2.25. The molecule has 0 unspecified atom stereocenters. The lowest BCUT2D eigenvalue weighted by Gasteiger charge is -2.13. The third-order valence-corrected chi connectivity index (χ3v) is 3.45. The van der Waals surface area contributed by atoms with Crippen molar-refractivity contribution in [2.75, 3.05) is 13.7 Å². The molecule has 6 heteroatoms. The molecule has 0 amide bonds. The second kappa shape index (κ2) is 7.92. The highest BCUT2D eigenvalue weighted by Gasteiger charge is 2.09. The van der Waals surface area contributed by atoms with E-state index >= 15 is 0 Å². The first-order chi connectivity index (χ1) is 11.9. The van der Waals surface area contributed by atoms with Crippen molar-refractivity contribution in [3.63, 3.8) is 0 Å². The van der Waals surface area contributed by atoms with E-state index < -0.39 is 0 Å². The van der Waals surface area contributed by atoms with Gasteiger partial charge in [-0.25, -0.2) is 4.68 Å². The Bertz CT molecular complexity index is 786. The number of hydrogen-bond donors (Lipinski definition) is 0. The van der Waals surface area contributed by atoms with Crippen LogP contribution in [0.25, 0.3) is 0 Å². The number of aromatic nitrogens is 3. The third-order valence-electron chi connectivity index (χ3n) is 3.45. The van der Waals surface area contributed by atoms with Crippen LogP contribution in [-0.2, 0) is 6.42 Å². The molecule has 0 aliphatic rings. The molecule has 0 aliphatic carbocycles. The number of methoxy groups -OCH3 is 1. The fourth-order valence-corrected chi connectivity index (χ4v) is 2.25. The van der Waals surface area contributed by atoms with Gasteiger partial charge in [0.25, 0.3) is 0 Å². The molecule has 0 saturated carbocycles. The van der Waals surface area contributed by atoms with Gasteiger partial charge in [0.2, 0.25) is 0 Å². The van der Waals surface area contributed by atoms with Crippen molar-refractivity contribution < 1.29 is 9.47 Å². The van der Waals surface area contributed by atoms with Crippen molar-refractivity contribution in [1.29, 1.82) is 0 Å². The van der Waals surface area contributed by atoms with E-state index in [9.17, 15) is 0 Å². The van der Waals surface area contributed by atoms with E-state index in [0.29, 0.717) is 18.1 Å². The van der Waals surface area contributed by atoms with Crippen molar-refractivity contribution in [3.8, 4) is 11.5 Å². The van der Waals surface area contributed by atoms with Crippen LogP contribution in [0, 0.1) is 0 Å². The molecule has 0 fully saturated rings. The summed E-state index contributed by atoms with van der Waals surface area (Å²) in [5, 5.41) is 11.7. The maximum absolute atomic E-state index is 5.98. The lowest BCUT2D eigenvalue weighted by atomic mass is 10.1. The van der Waals surface area contributed by atoms with Gasteiger partial charge >= 0.3 is 0 Å². The first-order valence-corrected chi connectivity index (χ1v) is 7.59. The topological polar surface area (TPSA) is 61.5 Å². The van der Waals surface area contributed by atoms with Gasteiger partial charge < -0.3 is 9.47 Å². The van der Waals surface area contributed by atoms with E-state index in [4.69, 9.17) is 9.47 Å². The van der Waals surface area contributed by atoms with Crippen LogP contribution in [0.4, 0.5) is 0 Å². The molecule has 1 heterocycles. The van der Waals surface area contributed by atoms with Crippen LogP contribution in [0.1, 0.15) is 11.1 Å². The van der Waals surface area contributed by atoms with Crippen molar-refractivity contribution in [2.24, 2.45) is 5.10 Å². The van der Waals surface area contributed by atoms with Gasteiger partial charge in [-0.1, -0.05) is 36.4 Å². The highest BCUT2D eigenvalue weighted by Crippen LogP contribution is 2.30. The van der Waals surface area contributed by atoms with Crippen molar-refractivity contribution >= 4 is 6.21 Å². The van der Waals surface area contributed by atoms with Crippen LogP contribution in [-0.4, -0.2) is 34.8 Å². The molecule has 0 N–H and O–H groups in total. The van der Waals surface area contributed by atoms with Gasteiger partial charge in [0.05, 0.1) is 19.9 Å². The predicted octanol–water partition coefficient (Wildman–Crippen LogP) is 2.79. The molecule has 0 atom stereocenters. The Hall–Kier alpha value is -3.15. The molecule has 3 aromatic rings. The largest absolute Gasteiger partial charge is 0.493 e. The molecule has 0 saturated heterocycles. The number of benzene rings is 2. The van der Waals surface area contributed by atoms with E-state index in [0.717, 1.165) is 12.0 Å². The Morgan fingerprint density at radius 3 is 2.58 bits per heavy atom. The molecular weight excluding hydrogens is 304 g/mol. The average Bonchev–Trinajstić information content (AvgIpc) is 3.15. The lowest BCUT2D eigenvalue weighted by Crippen LogP contribution is -2.05. The van der Waals surface area contributed by atoms with E-state index in [1.54, 1.807) is 13.3 Å². The Balaban J connectivity index is 1.74. The van der Waals surface area contributed by atoms with Gasteiger partial charge in [-0.3, -0.25) is 0 Å².